The third-order valence-corrected chi connectivity index (χ3v) is 11.9. The number of ketones is 1. The molecule has 4 aliphatic heterocycles. The summed E-state index contributed by atoms with van der Waals surface area (Å²) in [5, 5.41) is 137. The molecule has 34 heteroatoms. The Hall–Kier alpha value is -6.48. The highest BCUT2D eigenvalue weighted by Crippen LogP contribution is 2.25. The Kier molecular flexibility index (Phi) is 25.9. The van der Waals surface area contributed by atoms with Crippen LogP contribution in [0.4, 0.5) is 16.3 Å². The number of anilines is 2. The van der Waals surface area contributed by atoms with Crippen LogP contribution in [-0.2, 0) is 16.1 Å². The average molecular weight is 1100 g/mol. The highest BCUT2D eigenvalue weighted by Gasteiger charge is 2.44. The summed E-state index contributed by atoms with van der Waals surface area (Å²) < 4.78 is 1.40. The number of aliphatic imine (C=N–C) groups is 1. The molecule has 4 aliphatic rings. The summed E-state index contributed by atoms with van der Waals surface area (Å²) in [5.41, 5.74) is 4.63. The number of carbonyl (C=O) groups excluding carboxylic acids is 3. The zero-order chi connectivity index (χ0) is 57.6. The van der Waals surface area contributed by atoms with Crippen molar-refractivity contribution in [1.29, 1.82) is 0 Å². The molecule has 3 amide bonds. The summed E-state index contributed by atoms with van der Waals surface area (Å²) in [7, 11) is 0. The number of H-pyrrole nitrogens is 3. The maximum absolute atomic E-state index is 12.2. The lowest BCUT2D eigenvalue weighted by atomic mass is 9.98. The predicted molar refractivity (Wildman–Crippen MR) is 269 cm³/mol. The maximum Gasteiger partial charge on any atom is 0.349 e. The van der Waals surface area contributed by atoms with E-state index in [4.69, 9.17) is 36.4 Å². The van der Waals surface area contributed by atoms with Crippen LogP contribution >= 0.6 is 0 Å². The quantitative estimate of drug-likeness (QED) is 0.0325. The second-order valence-corrected chi connectivity index (χ2v) is 17.5. The van der Waals surface area contributed by atoms with E-state index in [2.05, 4.69) is 40.9 Å². The molecule has 13 atom stereocenters. The van der Waals surface area contributed by atoms with Gasteiger partial charge < -0.3 is 92.0 Å². The maximum atomic E-state index is 12.2. The fourth-order valence-corrected chi connectivity index (χ4v) is 7.04. The third kappa shape index (κ3) is 17.5. The molecule has 427 valence electrons. The molecule has 1 aromatic heterocycles. The standard InChI is InChI=1S/C17H20N4O6.C13H22N4O6.C9H16N4O6.C4H8O3.B/c1-7-3-9-10(4-8(7)2)21(5-11(23)14(25)12(24)6-22)15-13(18-9)16(26)20-17(27)19-15;1-5-6(2)17(3-7(19)10(21)8(20)4-18)11-9(14-5)12(22)16-13(23)15-11;10-5-7(12-9(19)13-8(5)18)11-1-3(15)6(17)4(16)2-14;1-3(6)4(7)2-5;/h3-4,11-12,14,22-25H,5-6H2,1-2H3,(H,20,26,27);5-10,14,18-21H,3-4H2,1-2H3,(H,16,22,23);3-4,6,14-17H,1-2,10H2,(H3,11,12,13,18,19);4-5,7H,2H2,1H3;. The van der Waals surface area contributed by atoms with Crippen molar-refractivity contribution in [1.82, 2.24) is 45.0 Å². The SMILES string of the molecule is CC(=O)C(O)CO.CC1NC2C(=O)NC(=O)N=C2N(CC(O)C(O)C(O)CO)C1C.Cc1cc2nc3c(=O)[nH]c(=O)nc-3n(CC(O)C(O)C(O)CO)c2cc1C.Nc1c(NCC(O)C(O)C(O)CO)[nH]c(=O)[nH]c1=O.[B]. The minimum atomic E-state index is -1.64. The van der Waals surface area contributed by atoms with Crippen LogP contribution in [0.25, 0.3) is 22.6 Å². The number of fused-ring (bicyclic) bond motifs is 3. The fourth-order valence-electron chi connectivity index (χ4n) is 7.04. The zero-order valence-corrected chi connectivity index (χ0v) is 42.1. The van der Waals surface area contributed by atoms with Crippen molar-refractivity contribution >= 4 is 54.5 Å². The van der Waals surface area contributed by atoms with Crippen LogP contribution in [0.1, 0.15) is 31.9 Å². The Morgan fingerprint density at radius 2 is 1.25 bits per heavy atom. The third-order valence-electron chi connectivity index (χ3n) is 11.9. The topological polar surface area (TPSA) is 559 Å². The van der Waals surface area contributed by atoms with Crippen LogP contribution in [0.2, 0.25) is 0 Å². The number of nitrogens with zero attached hydrogens (tertiary/aromatic N) is 5. The van der Waals surface area contributed by atoms with Gasteiger partial charge in [-0.05, 0) is 57.9 Å². The molecule has 6 rings (SSSR count). The number of carbonyl (C=O) groups is 3. The van der Waals surface area contributed by atoms with E-state index in [1.54, 1.807) is 17.0 Å². The lowest BCUT2D eigenvalue weighted by molar-refractivity contribution is -0.126. The number of nitrogens with two attached hydrogens (primary N) is 1. The Morgan fingerprint density at radius 3 is 1.77 bits per heavy atom. The van der Waals surface area contributed by atoms with E-state index in [9.17, 15) is 74.4 Å². The van der Waals surface area contributed by atoms with E-state index >= 15 is 0 Å². The van der Waals surface area contributed by atoms with Crippen molar-refractivity contribution in [2.75, 3.05) is 50.6 Å². The number of Topliss-reactive ketones (excluding diaryl/α,β-unsaturated/α-hetero) is 1. The van der Waals surface area contributed by atoms with Crippen LogP contribution in [0.15, 0.2) is 36.3 Å². The molecule has 0 spiro atoms. The molecular weight excluding hydrogens is 1030 g/mol. The van der Waals surface area contributed by atoms with Gasteiger partial charge in [0.15, 0.2) is 17.3 Å². The van der Waals surface area contributed by atoms with E-state index < -0.39 is 134 Å². The van der Waals surface area contributed by atoms with Gasteiger partial charge in [-0.25, -0.2) is 19.4 Å². The number of nitrogen functional groups attached to an aromatic ring is 1. The first-order chi connectivity index (χ1) is 35.5. The number of piperazine rings is 1. The number of aromatic amines is 3. The number of amides is 3. The normalized spacial score (nSPS) is 20.0. The first-order valence-corrected chi connectivity index (χ1v) is 23.0. The van der Waals surface area contributed by atoms with E-state index in [0.29, 0.717) is 11.0 Å². The van der Waals surface area contributed by atoms with Gasteiger partial charge >= 0.3 is 17.4 Å². The predicted octanol–water partition coefficient (Wildman–Crippen LogP) is -10.3. The molecule has 5 heterocycles. The molecule has 0 aliphatic carbocycles. The molecule has 3 radical (unpaired) electrons. The Morgan fingerprint density at radius 1 is 0.714 bits per heavy atom. The van der Waals surface area contributed by atoms with Gasteiger partial charge in [-0.2, -0.15) is 9.98 Å². The smallest absolute Gasteiger partial charge is 0.349 e. The molecule has 0 saturated carbocycles. The number of urea groups is 1. The van der Waals surface area contributed by atoms with Crippen molar-refractivity contribution < 1.29 is 85.9 Å². The van der Waals surface area contributed by atoms with Gasteiger partial charge in [0.25, 0.3) is 17.0 Å². The number of benzene rings is 1. The molecule has 13 unspecified atom stereocenters. The Balaban J connectivity index is 0.000000374. The summed E-state index contributed by atoms with van der Waals surface area (Å²) >= 11 is 0. The van der Waals surface area contributed by atoms with Crippen molar-refractivity contribution in [3.05, 3.63) is 64.9 Å². The summed E-state index contributed by atoms with van der Waals surface area (Å²) in [4.78, 5) is 99.0. The minimum absolute atomic E-state index is 0. The van der Waals surface area contributed by atoms with Crippen LogP contribution in [0.3, 0.4) is 0 Å². The highest BCUT2D eigenvalue weighted by atomic mass is 16.4. The van der Waals surface area contributed by atoms with Crippen molar-refractivity contribution in [3.8, 4) is 11.5 Å². The number of amidine groups is 1. The number of aromatic nitrogens is 6. The van der Waals surface area contributed by atoms with Crippen LogP contribution in [-0.4, -0.2) is 257 Å². The van der Waals surface area contributed by atoms with Gasteiger partial charge in [-0.3, -0.25) is 44.8 Å². The van der Waals surface area contributed by atoms with Crippen molar-refractivity contribution in [3.63, 3.8) is 0 Å². The van der Waals surface area contributed by atoms with Gasteiger partial charge in [0, 0.05) is 33.6 Å². The molecule has 0 bridgehead atoms. The van der Waals surface area contributed by atoms with Crippen molar-refractivity contribution in [2.45, 2.75) is 120 Å². The number of β-amino-alcohol motifs (C(OH)–C–C–N with tert-alkyl or cyclic N) is 1. The molecule has 33 nitrogen and oxygen atoms in total. The van der Waals surface area contributed by atoms with E-state index in [-0.39, 0.29) is 69.0 Å². The summed E-state index contributed by atoms with van der Waals surface area (Å²) in [5.74, 6) is -0.937. The second-order valence-electron chi connectivity index (χ2n) is 17.5. The van der Waals surface area contributed by atoms with Crippen LogP contribution in [0, 0.1) is 13.8 Å². The van der Waals surface area contributed by atoms with Gasteiger partial charge in [-0.15, -0.1) is 0 Å². The van der Waals surface area contributed by atoms with E-state index in [1.807, 2.05) is 32.7 Å². The largest absolute Gasteiger partial charge is 0.394 e. The summed E-state index contributed by atoms with van der Waals surface area (Å²) in [6.07, 6.45) is -14.9. The Bertz CT molecular complexity index is 2850. The molecule has 77 heavy (non-hydrogen) atoms. The number of aliphatic hydroxyl groups excluding tert-OH is 14. The lowest BCUT2D eigenvalue weighted by Crippen LogP contribution is -2.70. The van der Waals surface area contributed by atoms with E-state index in [0.717, 1.165) is 11.1 Å². The first kappa shape index (κ1) is 66.6. The first-order valence-electron chi connectivity index (χ1n) is 23.0. The molecule has 2 aromatic rings. The number of aryl methyl sites for hydroxylation is 2. The fraction of sp³-hybridized carbons (Fsp3) is 0.581. The Labute approximate surface area is 437 Å². The summed E-state index contributed by atoms with van der Waals surface area (Å²) in [6, 6.07) is 1.54. The highest BCUT2D eigenvalue weighted by molar-refractivity contribution is 6.19. The average Bonchev–Trinajstić information content (AvgIpc) is 3.37. The van der Waals surface area contributed by atoms with Crippen molar-refractivity contribution in [2.24, 2.45) is 4.99 Å². The number of hydrogen-bond donors (Lipinski definition) is 21. The number of aliphatic hydroxyl groups is 14. The lowest BCUT2D eigenvalue weighted by Gasteiger charge is -2.46. The minimum Gasteiger partial charge on any atom is -0.394 e. The van der Waals surface area contributed by atoms with Gasteiger partial charge in [0.2, 0.25) is 0 Å². The van der Waals surface area contributed by atoms with E-state index in [1.165, 1.54) is 11.5 Å². The van der Waals surface area contributed by atoms with Crippen LogP contribution in [0.5, 0.6) is 0 Å². The number of nitrogens with one attached hydrogen (secondary N) is 6. The monoisotopic (exact) mass is 1100 g/mol. The molecule has 1 fully saturated rings. The number of imide groups is 1. The van der Waals surface area contributed by atoms with Gasteiger partial charge in [0.05, 0.1) is 56.2 Å². The molecule has 1 aromatic carbocycles. The number of rotatable bonds is 18. The number of hydrogen-bond acceptors (Lipinski definition) is 27. The van der Waals surface area contributed by atoms with Gasteiger partial charge in [0.1, 0.15) is 72.2 Å². The second kappa shape index (κ2) is 29.9. The molecular formula is C43H66BN12O21. The molecule has 22 N–H and O–H groups in total. The van der Waals surface area contributed by atoms with Crippen LogP contribution < -0.4 is 44.2 Å². The molecule has 1 saturated heterocycles. The zero-order valence-electron chi connectivity index (χ0n) is 42.1. The summed E-state index contributed by atoms with van der Waals surface area (Å²) in [6.45, 7) is 5.25. The van der Waals surface area contributed by atoms with Gasteiger partial charge in [-0.1, -0.05) is 0 Å².